The molecule has 0 radical (unpaired) electrons. The van der Waals surface area contributed by atoms with Gasteiger partial charge in [0.25, 0.3) is 0 Å². The number of hydrogen-bond acceptors (Lipinski definition) is 7. The predicted octanol–water partition coefficient (Wildman–Crippen LogP) is 3.66. The van der Waals surface area contributed by atoms with Crippen LogP contribution in [0.5, 0.6) is 0 Å². The Morgan fingerprint density at radius 3 is 1.97 bits per heavy atom. The molecule has 2 aliphatic heterocycles. The van der Waals surface area contributed by atoms with E-state index in [1.165, 1.54) is 10.3 Å². The molecule has 1 atom stereocenters. The van der Waals surface area contributed by atoms with Crippen LogP contribution >= 0.6 is 0 Å². The van der Waals surface area contributed by atoms with E-state index < -0.39 is 0 Å². The molecule has 3 aromatic rings. The first-order valence-electron chi connectivity index (χ1n) is 14.1. The van der Waals surface area contributed by atoms with Gasteiger partial charge in [-0.2, -0.15) is 5.10 Å². The fourth-order valence-corrected chi connectivity index (χ4v) is 5.38. The number of rotatable bonds is 7. The molecule has 0 amide bonds. The summed E-state index contributed by atoms with van der Waals surface area (Å²) in [7, 11) is -0.343. The van der Waals surface area contributed by atoms with Gasteiger partial charge in [-0.3, -0.25) is 0 Å². The second-order valence-electron chi connectivity index (χ2n) is 12.0. The van der Waals surface area contributed by atoms with Crippen molar-refractivity contribution in [1.29, 1.82) is 0 Å². The van der Waals surface area contributed by atoms with Crippen molar-refractivity contribution in [1.82, 2.24) is 19.3 Å². The molecule has 4 heterocycles. The normalized spacial score (nSPS) is 19.6. The summed E-state index contributed by atoms with van der Waals surface area (Å²) in [4.78, 5) is 22.3. The van der Waals surface area contributed by atoms with Crippen molar-refractivity contribution in [3.05, 3.63) is 59.4 Å². The Kier molecular flexibility index (Phi) is 7.37. The van der Waals surface area contributed by atoms with E-state index in [1.807, 2.05) is 18.3 Å². The summed E-state index contributed by atoms with van der Waals surface area (Å²) in [6.07, 6.45) is 4.29. The quantitative estimate of drug-likeness (QED) is 0.430. The van der Waals surface area contributed by atoms with Gasteiger partial charge in [0.2, 0.25) is 0 Å². The second kappa shape index (κ2) is 10.5. The zero-order valence-electron chi connectivity index (χ0n) is 24.3. The lowest BCUT2D eigenvalue weighted by Crippen LogP contribution is -2.46. The molecular formula is C29H41BN6O3. The molecule has 0 bridgehead atoms. The monoisotopic (exact) mass is 532 g/mol. The van der Waals surface area contributed by atoms with Crippen molar-refractivity contribution in [2.24, 2.45) is 5.92 Å². The van der Waals surface area contributed by atoms with Gasteiger partial charge in [0.05, 0.1) is 29.1 Å². The fourth-order valence-electron chi connectivity index (χ4n) is 5.38. The molecule has 2 saturated heterocycles. The molecule has 2 fully saturated rings. The number of hydrogen-bond donors (Lipinski definition) is 0. The highest BCUT2D eigenvalue weighted by molar-refractivity contribution is 6.62. The molecule has 0 saturated carbocycles. The van der Waals surface area contributed by atoms with Crippen LogP contribution in [0.15, 0.2) is 53.7 Å². The smallest absolute Gasteiger partial charge is 0.399 e. The van der Waals surface area contributed by atoms with Gasteiger partial charge in [-0.1, -0.05) is 32.9 Å². The Labute approximate surface area is 231 Å². The van der Waals surface area contributed by atoms with Gasteiger partial charge < -0.3 is 19.1 Å². The predicted molar refractivity (Wildman–Crippen MR) is 156 cm³/mol. The van der Waals surface area contributed by atoms with E-state index in [2.05, 4.69) is 92.6 Å². The van der Waals surface area contributed by atoms with E-state index in [4.69, 9.17) is 9.31 Å². The number of pyridine rings is 1. The average Bonchev–Trinajstić information content (AvgIpc) is 3.39. The van der Waals surface area contributed by atoms with Crippen LogP contribution in [0.3, 0.4) is 0 Å². The first kappa shape index (κ1) is 27.5. The minimum atomic E-state index is -0.344. The van der Waals surface area contributed by atoms with Gasteiger partial charge >= 0.3 is 12.8 Å². The van der Waals surface area contributed by atoms with Crippen LogP contribution in [-0.4, -0.2) is 63.8 Å². The third-order valence-electron chi connectivity index (χ3n) is 8.60. The van der Waals surface area contributed by atoms with Crippen molar-refractivity contribution < 1.29 is 9.31 Å². The van der Waals surface area contributed by atoms with Crippen molar-refractivity contribution in [2.75, 3.05) is 36.0 Å². The van der Waals surface area contributed by atoms with Crippen LogP contribution in [0.2, 0.25) is 0 Å². The van der Waals surface area contributed by atoms with Crippen LogP contribution < -0.4 is 21.0 Å². The van der Waals surface area contributed by atoms with E-state index in [0.717, 1.165) is 43.8 Å². The van der Waals surface area contributed by atoms with E-state index in [-0.39, 0.29) is 30.1 Å². The number of aromatic nitrogens is 4. The van der Waals surface area contributed by atoms with Crippen molar-refractivity contribution in [3.8, 4) is 5.82 Å². The molecule has 9 nitrogen and oxygen atoms in total. The zero-order valence-corrected chi connectivity index (χ0v) is 24.3. The molecule has 208 valence electrons. The highest BCUT2D eigenvalue weighted by Gasteiger charge is 2.51. The SMILES string of the molecule is CC[C@@H](C(C)C)n1ncn(-c2ccc(N3CCN(c4ccc(B5OC(C)(C)C(C)(C)O5)cc4)CC3)cn2)c1=O. The summed E-state index contributed by atoms with van der Waals surface area (Å²) >= 11 is 0. The molecule has 5 rings (SSSR count). The molecular weight excluding hydrogens is 491 g/mol. The van der Waals surface area contributed by atoms with Gasteiger partial charge in [-0.05, 0) is 69.8 Å². The lowest BCUT2D eigenvalue weighted by atomic mass is 9.79. The third-order valence-corrected chi connectivity index (χ3v) is 8.60. The van der Waals surface area contributed by atoms with Crippen LogP contribution in [-0.2, 0) is 9.31 Å². The molecule has 2 aromatic heterocycles. The molecule has 2 aliphatic rings. The number of anilines is 2. The van der Waals surface area contributed by atoms with Crippen molar-refractivity contribution in [3.63, 3.8) is 0 Å². The summed E-state index contributed by atoms with van der Waals surface area (Å²) in [6.45, 7) is 18.2. The summed E-state index contributed by atoms with van der Waals surface area (Å²) in [6, 6.07) is 12.6. The Balaban J connectivity index is 1.20. The maximum Gasteiger partial charge on any atom is 0.494 e. The van der Waals surface area contributed by atoms with Crippen LogP contribution in [0.1, 0.15) is 60.9 Å². The van der Waals surface area contributed by atoms with Crippen LogP contribution in [0.25, 0.3) is 5.82 Å². The van der Waals surface area contributed by atoms with E-state index in [1.54, 1.807) is 11.0 Å². The van der Waals surface area contributed by atoms with E-state index in [9.17, 15) is 4.79 Å². The first-order chi connectivity index (χ1) is 18.5. The summed E-state index contributed by atoms with van der Waals surface area (Å²) in [5.74, 6) is 0.924. The van der Waals surface area contributed by atoms with E-state index in [0.29, 0.717) is 11.7 Å². The lowest BCUT2D eigenvalue weighted by Gasteiger charge is -2.37. The number of benzene rings is 1. The zero-order chi connectivity index (χ0) is 27.9. The topological polar surface area (TPSA) is 77.7 Å². The second-order valence-corrected chi connectivity index (χ2v) is 12.0. The highest BCUT2D eigenvalue weighted by Crippen LogP contribution is 2.36. The maximum absolute atomic E-state index is 13.0. The van der Waals surface area contributed by atoms with Gasteiger partial charge in [-0.15, -0.1) is 0 Å². The van der Waals surface area contributed by atoms with E-state index >= 15 is 0 Å². The molecule has 0 spiro atoms. The molecule has 0 aliphatic carbocycles. The third kappa shape index (κ3) is 5.24. The fraction of sp³-hybridized carbons (Fsp3) is 0.552. The molecule has 1 aromatic carbocycles. The highest BCUT2D eigenvalue weighted by atomic mass is 16.7. The summed E-state index contributed by atoms with van der Waals surface area (Å²) in [5, 5.41) is 4.37. The largest absolute Gasteiger partial charge is 0.494 e. The minimum Gasteiger partial charge on any atom is -0.399 e. The van der Waals surface area contributed by atoms with Crippen LogP contribution in [0.4, 0.5) is 11.4 Å². The Morgan fingerprint density at radius 2 is 1.46 bits per heavy atom. The molecule has 0 N–H and O–H groups in total. The average molecular weight is 532 g/mol. The number of piperazine rings is 1. The van der Waals surface area contributed by atoms with Gasteiger partial charge in [0.1, 0.15) is 12.1 Å². The summed E-state index contributed by atoms with van der Waals surface area (Å²) in [5.41, 5.74) is 2.47. The molecule has 0 unspecified atom stereocenters. The number of nitrogens with zero attached hydrogens (tertiary/aromatic N) is 6. The molecule has 39 heavy (non-hydrogen) atoms. The Bertz CT molecular complexity index is 1310. The summed E-state index contributed by atoms with van der Waals surface area (Å²) < 4.78 is 15.5. The lowest BCUT2D eigenvalue weighted by molar-refractivity contribution is 0.00578. The van der Waals surface area contributed by atoms with Gasteiger partial charge in [0.15, 0.2) is 0 Å². The minimum absolute atomic E-state index is 0.0780. The van der Waals surface area contributed by atoms with Crippen LogP contribution in [0, 0.1) is 5.92 Å². The first-order valence-corrected chi connectivity index (χ1v) is 14.1. The Hall–Kier alpha value is -3.11. The maximum atomic E-state index is 13.0. The standard InChI is InChI=1S/C29H41BN6O3/c1-8-25(21(2)3)36-27(37)35(20-32-36)26-14-13-24(19-31-26)34-17-15-33(16-18-34)23-11-9-22(10-12-23)30-38-28(4,5)29(6,7)39-30/h9-14,19-21,25H,8,15-18H2,1-7H3/t25-/m0/s1. The van der Waals surface area contributed by atoms with Crippen molar-refractivity contribution >= 4 is 24.0 Å². The molecule has 10 heteroatoms. The van der Waals surface area contributed by atoms with Gasteiger partial charge in [-0.25, -0.2) is 19.0 Å². The Morgan fingerprint density at radius 1 is 0.897 bits per heavy atom. The van der Waals surface area contributed by atoms with Gasteiger partial charge in [0, 0.05) is 31.9 Å². The van der Waals surface area contributed by atoms with Crippen molar-refractivity contribution in [2.45, 2.75) is 72.1 Å².